The summed E-state index contributed by atoms with van der Waals surface area (Å²) in [6.07, 6.45) is 6.45. The number of aromatic nitrogens is 2. The first-order valence-corrected chi connectivity index (χ1v) is 10.4. The second-order valence-corrected chi connectivity index (χ2v) is 7.57. The van der Waals surface area contributed by atoms with Crippen molar-refractivity contribution in [2.45, 2.75) is 52.1 Å². The van der Waals surface area contributed by atoms with E-state index in [0.717, 1.165) is 35.1 Å². The molecular formula is C25H27FN2O2. The van der Waals surface area contributed by atoms with E-state index in [0.29, 0.717) is 18.0 Å². The van der Waals surface area contributed by atoms with Gasteiger partial charge in [-0.1, -0.05) is 63.1 Å². The van der Waals surface area contributed by atoms with Crippen molar-refractivity contribution in [1.29, 1.82) is 0 Å². The maximum Gasteiger partial charge on any atom is 0.348 e. The molecule has 1 unspecified atom stereocenters. The predicted octanol–water partition coefficient (Wildman–Crippen LogP) is 6.20. The summed E-state index contributed by atoms with van der Waals surface area (Å²) in [5, 5.41) is 0. The number of hydrogen-bond donors (Lipinski definition) is 0. The van der Waals surface area contributed by atoms with Gasteiger partial charge in [-0.15, -0.1) is 0 Å². The summed E-state index contributed by atoms with van der Waals surface area (Å²) in [4.78, 5) is 21.1. The molecule has 3 rings (SSSR count). The van der Waals surface area contributed by atoms with Gasteiger partial charge in [0.15, 0.2) is 5.82 Å². The third kappa shape index (κ3) is 5.09. The highest BCUT2D eigenvalue weighted by atomic mass is 19.1. The second-order valence-electron chi connectivity index (χ2n) is 7.57. The van der Waals surface area contributed by atoms with Crippen LogP contribution in [0.15, 0.2) is 60.9 Å². The van der Waals surface area contributed by atoms with Gasteiger partial charge >= 0.3 is 5.97 Å². The molecule has 0 aliphatic carbocycles. The summed E-state index contributed by atoms with van der Waals surface area (Å²) in [6.45, 7) is 5.22. The van der Waals surface area contributed by atoms with Crippen LogP contribution in [0.2, 0.25) is 0 Å². The molecule has 0 aliphatic rings. The molecule has 0 saturated carbocycles. The number of carbonyl (C=O) groups is 1. The van der Waals surface area contributed by atoms with Crippen LogP contribution in [0.25, 0.3) is 22.5 Å². The molecule has 156 valence electrons. The summed E-state index contributed by atoms with van der Waals surface area (Å²) in [7, 11) is 0. The number of benzene rings is 2. The maximum atomic E-state index is 14.3. The standard InChI is InChI=1S/C25H27FN2O2/c1-4-8-18-16-27-23(28-17-18)22-10-7-6-9-21(22)19-11-13-20(14-12-19)30-24(29)25(3,26)15-5-2/h6-7,9-14,16-17H,4-5,8,15H2,1-3H3. The molecule has 1 aromatic heterocycles. The van der Waals surface area contributed by atoms with Crippen LogP contribution in [0, 0.1) is 0 Å². The summed E-state index contributed by atoms with van der Waals surface area (Å²) < 4.78 is 19.6. The van der Waals surface area contributed by atoms with E-state index in [1.165, 1.54) is 6.92 Å². The van der Waals surface area contributed by atoms with Crippen molar-refractivity contribution < 1.29 is 13.9 Å². The molecule has 1 atom stereocenters. The fraction of sp³-hybridized carbons (Fsp3) is 0.320. The van der Waals surface area contributed by atoms with Crippen LogP contribution in [-0.2, 0) is 11.2 Å². The minimum Gasteiger partial charge on any atom is -0.424 e. The van der Waals surface area contributed by atoms with E-state index in [9.17, 15) is 9.18 Å². The molecule has 0 radical (unpaired) electrons. The Balaban J connectivity index is 1.83. The van der Waals surface area contributed by atoms with E-state index in [1.807, 2.05) is 55.7 Å². The van der Waals surface area contributed by atoms with E-state index < -0.39 is 11.6 Å². The molecule has 30 heavy (non-hydrogen) atoms. The van der Waals surface area contributed by atoms with Gasteiger partial charge in [-0.3, -0.25) is 0 Å². The lowest BCUT2D eigenvalue weighted by molar-refractivity contribution is -0.147. The highest BCUT2D eigenvalue weighted by Crippen LogP contribution is 2.31. The summed E-state index contributed by atoms with van der Waals surface area (Å²) >= 11 is 0. The zero-order valence-electron chi connectivity index (χ0n) is 17.7. The normalized spacial score (nSPS) is 12.9. The number of alkyl halides is 1. The topological polar surface area (TPSA) is 52.1 Å². The van der Waals surface area contributed by atoms with Crippen LogP contribution in [0.1, 0.15) is 45.6 Å². The predicted molar refractivity (Wildman–Crippen MR) is 117 cm³/mol. The molecule has 0 saturated heterocycles. The molecule has 0 aliphatic heterocycles. The number of halogens is 1. The van der Waals surface area contributed by atoms with Crippen molar-refractivity contribution >= 4 is 5.97 Å². The lowest BCUT2D eigenvalue weighted by atomic mass is 9.99. The number of hydrogen-bond acceptors (Lipinski definition) is 4. The fourth-order valence-electron chi connectivity index (χ4n) is 3.33. The molecule has 0 amide bonds. The van der Waals surface area contributed by atoms with E-state index in [4.69, 9.17) is 4.74 Å². The molecule has 1 heterocycles. The van der Waals surface area contributed by atoms with E-state index >= 15 is 0 Å². The molecule has 0 fully saturated rings. The smallest absolute Gasteiger partial charge is 0.348 e. The molecule has 2 aromatic carbocycles. The van der Waals surface area contributed by atoms with E-state index in [2.05, 4.69) is 16.9 Å². The molecule has 0 bridgehead atoms. The highest BCUT2D eigenvalue weighted by Gasteiger charge is 2.34. The largest absolute Gasteiger partial charge is 0.424 e. The van der Waals surface area contributed by atoms with Gasteiger partial charge in [0.1, 0.15) is 5.75 Å². The Labute approximate surface area is 177 Å². The lowest BCUT2D eigenvalue weighted by Gasteiger charge is -2.17. The number of aryl methyl sites for hydroxylation is 1. The van der Waals surface area contributed by atoms with E-state index in [-0.39, 0.29) is 6.42 Å². The first-order valence-electron chi connectivity index (χ1n) is 10.4. The van der Waals surface area contributed by atoms with Crippen molar-refractivity contribution in [2.24, 2.45) is 0 Å². The molecule has 5 heteroatoms. The minimum atomic E-state index is -1.98. The second kappa shape index (κ2) is 9.61. The van der Waals surface area contributed by atoms with Crippen LogP contribution in [0.5, 0.6) is 5.75 Å². The van der Waals surface area contributed by atoms with Gasteiger partial charge in [-0.2, -0.15) is 0 Å². The van der Waals surface area contributed by atoms with Crippen molar-refractivity contribution in [3.63, 3.8) is 0 Å². The molecule has 4 nitrogen and oxygen atoms in total. The summed E-state index contributed by atoms with van der Waals surface area (Å²) in [5.74, 6) is 0.119. The Kier molecular flexibility index (Phi) is 6.93. The van der Waals surface area contributed by atoms with Crippen molar-refractivity contribution in [2.75, 3.05) is 0 Å². The highest BCUT2D eigenvalue weighted by molar-refractivity contribution is 5.82. The van der Waals surface area contributed by atoms with Crippen molar-refractivity contribution in [3.05, 3.63) is 66.5 Å². The van der Waals surface area contributed by atoms with Gasteiger partial charge in [-0.05, 0) is 48.6 Å². The number of esters is 1. The molecule has 3 aromatic rings. The van der Waals surface area contributed by atoms with Crippen LogP contribution in [0.3, 0.4) is 0 Å². The third-order valence-corrected chi connectivity index (χ3v) is 4.93. The quantitative estimate of drug-likeness (QED) is 0.330. The first-order chi connectivity index (χ1) is 14.4. The van der Waals surface area contributed by atoms with Gasteiger partial charge in [0.05, 0.1) is 0 Å². The van der Waals surface area contributed by atoms with Crippen LogP contribution in [0.4, 0.5) is 4.39 Å². The third-order valence-electron chi connectivity index (χ3n) is 4.93. The van der Waals surface area contributed by atoms with E-state index in [1.54, 1.807) is 12.1 Å². The van der Waals surface area contributed by atoms with Gasteiger partial charge in [0.25, 0.3) is 0 Å². The summed E-state index contributed by atoms with van der Waals surface area (Å²) in [6, 6.07) is 14.9. The zero-order chi connectivity index (χ0) is 21.6. The average Bonchev–Trinajstić information content (AvgIpc) is 2.75. The Bertz CT molecular complexity index is 983. The zero-order valence-corrected chi connectivity index (χ0v) is 17.7. The molecule has 0 N–H and O–H groups in total. The van der Waals surface area contributed by atoms with Crippen molar-refractivity contribution in [3.8, 4) is 28.3 Å². The number of ether oxygens (including phenoxy) is 1. The van der Waals surface area contributed by atoms with Crippen LogP contribution >= 0.6 is 0 Å². The Hall–Kier alpha value is -3.08. The van der Waals surface area contributed by atoms with Crippen LogP contribution in [-0.4, -0.2) is 21.6 Å². The monoisotopic (exact) mass is 406 g/mol. The number of nitrogens with zero attached hydrogens (tertiary/aromatic N) is 2. The van der Waals surface area contributed by atoms with Crippen molar-refractivity contribution in [1.82, 2.24) is 9.97 Å². The minimum absolute atomic E-state index is 0.133. The maximum absolute atomic E-state index is 14.3. The Morgan fingerprint density at radius 1 is 0.967 bits per heavy atom. The van der Waals surface area contributed by atoms with Gasteiger partial charge in [0.2, 0.25) is 5.67 Å². The Morgan fingerprint density at radius 3 is 2.20 bits per heavy atom. The Morgan fingerprint density at radius 2 is 1.60 bits per heavy atom. The van der Waals surface area contributed by atoms with Gasteiger partial charge in [-0.25, -0.2) is 19.2 Å². The van der Waals surface area contributed by atoms with Gasteiger partial charge < -0.3 is 4.74 Å². The summed E-state index contributed by atoms with van der Waals surface area (Å²) in [5.41, 5.74) is 1.96. The fourth-order valence-corrected chi connectivity index (χ4v) is 3.33. The first kappa shape index (κ1) is 21.6. The number of carbonyl (C=O) groups excluding carboxylic acids is 1. The van der Waals surface area contributed by atoms with Crippen LogP contribution < -0.4 is 4.74 Å². The average molecular weight is 407 g/mol. The number of rotatable bonds is 8. The van der Waals surface area contributed by atoms with Gasteiger partial charge in [0, 0.05) is 18.0 Å². The SMILES string of the molecule is CCCc1cnc(-c2ccccc2-c2ccc(OC(=O)C(C)(F)CCC)cc2)nc1. The molecular weight excluding hydrogens is 379 g/mol. The molecule has 0 spiro atoms. The lowest BCUT2D eigenvalue weighted by Crippen LogP contribution is -2.34.